The number of esters is 1. The van der Waals surface area contributed by atoms with Crippen molar-refractivity contribution in [3.8, 4) is 0 Å². The zero-order chi connectivity index (χ0) is 12.1. The van der Waals surface area contributed by atoms with Crippen molar-refractivity contribution in [3.05, 3.63) is 0 Å². The zero-order valence-electron chi connectivity index (χ0n) is 9.99. The Morgan fingerprint density at radius 3 is 2.00 bits per heavy atom. The first-order valence-electron chi connectivity index (χ1n) is 6.18. The van der Waals surface area contributed by atoms with Crippen molar-refractivity contribution in [2.75, 3.05) is 18.1 Å². The second-order valence-electron chi connectivity index (χ2n) is 3.89. The maximum atomic E-state index is 11.2. The van der Waals surface area contributed by atoms with Gasteiger partial charge in [0.15, 0.2) is 0 Å². The standard InChI is InChI=1S/C12H24O2S2/c13-12(8-4-3-7-11-16)14-9-5-1-2-6-10-15/h15-16H,1-11H2. The second-order valence-corrected chi connectivity index (χ2v) is 4.79. The molecule has 2 nitrogen and oxygen atoms in total. The largest absolute Gasteiger partial charge is 0.466 e. The number of unbranched alkanes of at least 4 members (excludes halogenated alkanes) is 5. The van der Waals surface area contributed by atoms with Gasteiger partial charge in [-0.05, 0) is 37.2 Å². The number of hydrogen-bond donors (Lipinski definition) is 2. The highest BCUT2D eigenvalue weighted by atomic mass is 32.1. The summed E-state index contributed by atoms with van der Waals surface area (Å²) in [4.78, 5) is 11.2. The van der Waals surface area contributed by atoms with Crippen LogP contribution in [0.3, 0.4) is 0 Å². The Morgan fingerprint density at radius 1 is 0.812 bits per heavy atom. The van der Waals surface area contributed by atoms with E-state index in [0.717, 1.165) is 50.0 Å². The third kappa shape index (κ3) is 12.2. The van der Waals surface area contributed by atoms with Gasteiger partial charge >= 0.3 is 5.97 Å². The normalized spacial score (nSPS) is 10.4. The fourth-order valence-corrected chi connectivity index (χ4v) is 1.83. The molecule has 0 rings (SSSR count). The molecule has 96 valence electrons. The van der Waals surface area contributed by atoms with Crippen LogP contribution in [0.2, 0.25) is 0 Å². The SMILES string of the molecule is O=C(CCCCCS)OCCCCCCS. The van der Waals surface area contributed by atoms with Crippen molar-refractivity contribution in [3.63, 3.8) is 0 Å². The molecular formula is C12H24O2S2. The lowest BCUT2D eigenvalue weighted by Gasteiger charge is -2.04. The molecule has 0 aromatic heterocycles. The maximum absolute atomic E-state index is 11.2. The molecule has 16 heavy (non-hydrogen) atoms. The van der Waals surface area contributed by atoms with Crippen LogP contribution in [0.5, 0.6) is 0 Å². The third-order valence-electron chi connectivity index (χ3n) is 2.35. The molecule has 0 aliphatic heterocycles. The van der Waals surface area contributed by atoms with E-state index in [-0.39, 0.29) is 5.97 Å². The highest BCUT2D eigenvalue weighted by molar-refractivity contribution is 7.80. The van der Waals surface area contributed by atoms with Crippen molar-refractivity contribution >= 4 is 31.2 Å². The third-order valence-corrected chi connectivity index (χ3v) is 2.99. The Morgan fingerprint density at radius 2 is 1.38 bits per heavy atom. The molecule has 0 fully saturated rings. The van der Waals surface area contributed by atoms with Crippen molar-refractivity contribution in [2.45, 2.75) is 51.4 Å². The summed E-state index contributed by atoms with van der Waals surface area (Å²) >= 11 is 8.26. The van der Waals surface area contributed by atoms with Crippen LogP contribution in [0.15, 0.2) is 0 Å². The number of rotatable bonds is 11. The van der Waals surface area contributed by atoms with Gasteiger partial charge in [-0.15, -0.1) is 0 Å². The van der Waals surface area contributed by atoms with Gasteiger partial charge in [-0.3, -0.25) is 4.79 Å². The van der Waals surface area contributed by atoms with Gasteiger partial charge in [-0.1, -0.05) is 19.3 Å². The van der Waals surface area contributed by atoms with Gasteiger partial charge in [-0.2, -0.15) is 25.3 Å². The van der Waals surface area contributed by atoms with Gasteiger partial charge in [0.1, 0.15) is 0 Å². The zero-order valence-corrected chi connectivity index (χ0v) is 11.8. The van der Waals surface area contributed by atoms with Crippen LogP contribution in [-0.2, 0) is 9.53 Å². The minimum atomic E-state index is -0.0478. The van der Waals surface area contributed by atoms with E-state index in [0.29, 0.717) is 13.0 Å². The van der Waals surface area contributed by atoms with Crippen molar-refractivity contribution in [1.29, 1.82) is 0 Å². The van der Waals surface area contributed by atoms with Crippen molar-refractivity contribution in [2.24, 2.45) is 0 Å². The van der Waals surface area contributed by atoms with Crippen LogP contribution in [0.4, 0.5) is 0 Å². The van der Waals surface area contributed by atoms with Crippen LogP contribution in [-0.4, -0.2) is 24.1 Å². The van der Waals surface area contributed by atoms with E-state index in [9.17, 15) is 4.79 Å². The summed E-state index contributed by atoms with van der Waals surface area (Å²) in [7, 11) is 0. The highest BCUT2D eigenvalue weighted by Gasteiger charge is 2.01. The number of ether oxygens (including phenoxy) is 1. The molecule has 0 aromatic carbocycles. The summed E-state index contributed by atoms with van der Waals surface area (Å²) in [5, 5.41) is 0. The Hall–Kier alpha value is 0.170. The van der Waals surface area contributed by atoms with E-state index in [4.69, 9.17) is 4.74 Å². The van der Waals surface area contributed by atoms with Crippen LogP contribution < -0.4 is 0 Å². The van der Waals surface area contributed by atoms with Gasteiger partial charge in [0.05, 0.1) is 6.61 Å². The molecular weight excluding hydrogens is 240 g/mol. The van der Waals surface area contributed by atoms with Crippen LogP contribution in [0, 0.1) is 0 Å². The lowest BCUT2D eigenvalue weighted by Crippen LogP contribution is -2.05. The van der Waals surface area contributed by atoms with Crippen LogP contribution in [0.25, 0.3) is 0 Å². The number of hydrogen-bond acceptors (Lipinski definition) is 4. The molecule has 0 radical (unpaired) electrons. The monoisotopic (exact) mass is 264 g/mol. The lowest BCUT2D eigenvalue weighted by molar-refractivity contribution is -0.143. The first-order chi connectivity index (χ1) is 7.81. The molecule has 0 spiro atoms. The molecule has 0 bridgehead atoms. The fourth-order valence-electron chi connectivity index (χ4n) is 1.38. The summed E-state index contributed by atoms with van der Waals surface area (Å²) in [6.07, 6.45) is 8.09. The van der Waals surface area contributed by atoms with Crippen LogP contribution >= 0.6 is 25.3 Å². The average molecular weight is 264 g/mol. The molecule has 0 amide bonds. The van der Waals surface area contributed by atoms with Crippen molar-refractivity contribution in [1.82, 2.24) is 0 Å². The predicted molar refractivity (Wildman–Crippen MR) is 75.6 cm³/mol. The summed E-state index contributed by atoms with van der Waals surface area (Å²) < 4.78 is 5.13. The molecule has 0 aliphatic carbocycles. The Kier molecular flexibility index (Phi) is 13.4. The van der Waals surface area contributed by atoms with E-state index in [2.05, 4.69) is 25.3 Å². The molecule has 0 N–H and O–H groups in total. The number of carbonyl (C=O) groups excluding carboxylic acids is 1. The van der Waals surface area contributed by atoms with E-state index >= 15 is 0 Å². The molecule has 0 saturated carbocycles. The number of carbonyl (C=O) groups is 1. The molecule has 4 heteroatoms. The fraction of sp³-hybridized carbons (Fsp3) is 0.917. The summed E-state index contributed by atoms with van der Waals surface area (Å²) in [6.45, 7) is 0.581. The van der Waals surface area contributed by atoms with E-state index in [1.165, 1.54) is 6.42 Å². The minimum Gasteiger partial charge on any atom is -0.466 e. The second kappa shape index (κ2) is 13.2. The molecule has 0 aromatic rings. The minimum absolute atomic E-state index is 0.0478. The molecule has 0 saturated heterocycles. The van der Waals surface area contributed by atoms with Gasteiger partial charge in [0, 0.05) is 6.42 Å². The highest BCUT2D eigenvalue weighted by Crippen LogP contribution is 2.04. The summed E-state index contributed by atoms with van der Waals surface area (Å²) in [6, 6.07) is 0. The quantitative estimate of drug-likeness (QED) is 0.339. The summed E-state index contributed by atoms with van der Waals surface area (Å²) in [5.74, 6) is 1.80. The Balaban J connectivity index is 3.11. The van der Waals surface area contributed by atoms with Gasteiger partial charge in [0.2, 0.25) is 0 Å². The number of thiol groups is 2. The van der Waals surface area contributed by atoms with Crippen molar-refractivity contribution < 1.29 is 9.53 Å². The predicted octanol–water partition coefficient (Wildman–Crippen LogP) is 3.51. The smallest absolute Gasteiger partial charge is 0.305 e. The van der Waals surface area contributed by atoms with E-state index in [1.807, 2.05) is 0 Å². The van der Waals surface area contributed by atoms with E-state index in [1.54, 1.807) is 0 Å². The maximum Gasteiger partial charge on any atom is 0.305 e. The molecule has 0 aliphatic rings. The Bertz CT molecular complexity index is 163. The molecule has 0 heterocycles. The van der Waals surface area contributed by atoms with Gasteiger partial charge in [0.25, 0.3) is 0 Å². The first kappa shape index (κ1) is 16.2. The van der Waals surface area contributed by atoms with E-state index < -0.39 is 0 Å². The average Bonchev–Trinajstić information content (AvgIpc) is 2.29. The lowest BCUT2D eigenvalue weighted by atomic mass is 10.2. The first-order valence-corrected chi connectivity index (χ1v) is 7.45. The van der Waals surface area contributed by atoms with Gasteiger partial charge in [-0.25, -0.2) is 0 Å². The molecule has 0 unspecified atom stereocenters. The topological polar surface area (TPSA) is 26.3 Å². The van der Waals surface area contributed by atoms with Gasteiger partial charge < -0.3 is 4.74 Å². The Labute approximate surface area is 110 Å². The van der Waals surface area contributed by atoms with Crippen LogP contribution in [0.1, 0.15) is 51.4 Å². The summed E-state index contributed by atoms with van der Waals surface area (Å²) in [5.41, 5.74) is 0. The molecule has 0 atom stereocenters.